The summed E-state index contributed by atoms with van der Waals surface area (Å²) in [5, 5.41) is 0. The van der Waals surface area contributed by atoms with Crippen LogP contribution in [0.5, 0.6) is 5.88 Å². The number of carbonyl (C=O) groups excluding carboxylic acids is 1. The third-order valence-electron chi connectivity index (χ3n) is 4.88. The molecule has 0 radical (unpaired) electrons. The van der Waals surface area contributed by atoms with Crippen LogP contribution in [0.25, 0.3) is 11.2 Å². The van der Waals surface area contributed by atoms with Crippen molar-refractivity contribution < 1.29 is 9.53 Å². The Bertz CT molecular complexity index is 935. The van der Waals surface area contributed by atoms with Crippen molar-refractivity contribution in [1.29, 1.82) is 0 Å². The molecule has 0 saturated carbocycles. The first-order valence-electron chi connectivity index (χ1n) is 8.81. The number of amides is 1. The zero-order chi connectivity index (χ0) is 18.1. The van der Waals surface area contributed by atoms with Gasteiger partial charge in [0.1, 0.15) is 11.3 Å². The molecule has 134 valence electrons. The van der Waals surface area contributed by atoms with Crippen molar-refractivity contribution in [2.75, 3.05) is 20.2 Å². The summed E-state index contributed by atoms with van der Waals surface area (Å²) in [5.74, 6) is 1.74. The third kappa shape index (κ3) is 2.79. The molecule has 1 aliphatic rings. The summed E-state index contributed by atoms with van der Waals surface area (Å²) in [6.45, 7) is 4.29. The highest BCUT2D eigenvalue weighted by Crippen LogP contribution is 2.29. The number of pyridine rings is 2. The Kier molecular flexibility index (Phi) is 4.28. The lowest BCUT2D eigenvalue weighted by Crippen LogP contribution is -2.28. The summed E-state index contributed by atoms with van der Waals surface area (Å²) in [4.78, 5) is 28.0. The van der Waals surface area contributed by atoms with E-state index in [1.54, 1.807) is 31.6 Å². The molecule has 0 aliphatic carbocycles. The van der Waals surface area contributed by atoms with Crippen molar-refractivity contribution in [3.8, 4) is 5.88 Å². The van der Waals surface area contributed by atoms with Crippen molar-refractivity contribution in [3.63, 3.8) is 0 Å². The van der Waals surface area contributed by atoms with Gasteiger partial charge in [0.15, 0.2) is 5.65 Å². The molecule has 0 N–H and O–H groups in total. The Morgan fingerprint density at radius 1 is 1.31 bits per heavy atom. The fourth-order valence-electron chi connectivity index (χ4n) is 3.57. The van der Waals surface area contributed by atoms with E-state index < -0.39 is 0 Å². The molecule has 1 aliphatic heterocycles. The average molecular weight is 351 g/mol. The Morgan fingerprint density at radius 2 is 2.19 bits per heavy atom. The van der Waals surface area contributed by atoms with Gasteiger partial charge in [-0.2, -0.15) is 0 Å². The third-order valence-corrected chi connectivity index (χ3v) is 4.88. The van der Waals surface area contributed by atoms with Crippen LogP contribution >= 0.6 is 0 Å². The van der Waals surface area contributed by atoms with Crippen molar-refractivity contribution in [2.45, 2.75) is 25.8 Å². The van der Waals surface area contributed by atoms with Crippen LogP contribution in [-0.2, 0) is 6.54 Å². The molecule has 0 unspecified atom stereocenters. The quantitative estimate of drug-likeness (QED) is 0.722. The predicted octanol–water partition coefficient (Wildman–Crippen LogP) is 2.48. The lowest BCUT2D eigenvalue weighted by atomic mass is 10.1. The van der Waals surface area contributed by atoms with Gasteiger partial charge in [-0.05, 0) is 31.5 Å². The van der Waals surface area contributed by atoms with Gasteiger partial charge in [-0.15, -0.1) is 0 Å². The Morgan fingerprint density at radius 3 is 2.92 bits per heavy atom. The zero-order valence-electron chi connectivity index (χ0n) is 14.9. The Balaban J connectivity index is 1.55. The van der Waals surface area contributed by atoms with Gasteiger partial charge in [0, 0.05) is 44.0 Å². The van der Waals surface area contributed by atoms with Crippen LogP contribution in [0.3, 0.4) is 0 Å². The maximum atomic E-state index is 12.8. The first-order valence-corrected chi connectivity index (χ1v) is 8.81. The van der Waals surface area contributed by atoms with E-state index in [2.05, 4.69) is 21.5 Å². The number of ether oxygens (including phenoxy) is 1. The Hall–Kier alpha value is -2.96. The molecule has 3 aromatic rings. The summed E-state index contributed by atoms with van der Waals surface area (Å²) >= 11 is 0. The van der Waals surface area contributed by atoms with E-state index in [0.29, 0.717) is 18.0 Å². The molecule has 1 saturated heterocycles. The van der Waals surface area contributed by atoms with Crippen LogP contribution in [0.4, 0.5) is 0 Å². The number of likely N-dealkylation sites (tertiary alicyclic amines) is 1. The van der Waals surface area contributed by atoms with Crippen LogP contribution in [0.1, 0.15) is 35.4 Å². The van der Waals surface area contributed by atoms with E-state index in [1.165, 1.54) is 0 Å². The molecule has 1 amide bonds. The molecule has 26 heavy (non-hydrogen) atoms. The van der Waals surface area contributed by atoms with Crippen LogP contribution in [0.2, 0.25) is 0 Å². The number of aromatic nitrogens is 4. The minimum atomic E-state index is -0.0000577. The highest BCUT2D eigenvalue weighted by atomic mass is 16.5. The first-order chi connectivity index (χ1) is 12.7. The van der Waals surface area contributed by atoms with Gasteiger partial charge in [-0.3, -0.25) is 4.79 Å². The normalized spacial score (nSPS) is 17.0. The second-order valence-corrected chi connectivity index (χ2v) is 6.39. The first kappa shape index (κ1) is 16.5. The van der Waals surface area contributed by atoms with Crippen LogP contribution in [0.15, 0.2) is 36.7 Å². The smallest absolute Gasteiger partial charge is 0.255 e. The molecule has 0 spiro atoms. The number of hydrogen-bond donors (Lipinski definition) is 0. The molecule has 3 aromatic heterocycles. The number of imidazole rings is 1. The minimum Gasteiger partial charge on any atom is -0.481 e. The minimum absolute atomic E-state index is 0.0000577. The Labute approximate surface area is 151 Å². The highest BCUT2D eigenvalue weighted by Gasteiger charge is 2.31. The number of methoxy groups -OCH3 is 1. The van der Waals surface area contributed by atoms with E-state index in [4.69, 9.17) is 9.72 Å². The number of fused-ring (bicyclic) bond motifs is 1. The number of aryl methyl sites for hydroxylation is 1. The second-order valence-electron chi connectivity index (χ2n) is 6.39. The van der Waals surface area contributed by atoms with Gasteiger partial charge in [0.2, 0.25) is 5.88 Å². The second kappa shape index (κ2) is 6.74. The summed E-state index contributed by atoms with van der Waals surface area (Å²) in [6.07, 6.45) is 4.26. The van der Waals surface area contributed by atoms with Gasteiger partial charge in [0.05, 0.1) is 12.7 Å². The van der Waals surface area contributed by atoms with Crippen LogP contribution in [-0.4, -0.2) is 50.5 Å². The number of rotatable bonds is 4. The molecule has 1 atom stereocenters. The van der Waals surface area contributed by atoms with E-state index >= 15 is 0 Å². The molecule has 4 heterocycles. The van der Waals surface area contributed by atoms with Gasteiger partial charge in [-0.25, -0.2) is 15.0 Å². The van der Waals surface area contributed by atoms with Gasteiger partial charge < -0.3 is 14.2 Å². The molecule has 0 bridgehead atoms. The average Bonchev–Trinajstić information content (AvgIpc) is 3.31. The van der Waals surface area contributed by atoms with E-state index in [1.807, 2.05) is 17.0 Å². The maximum Gasteiger partial charge on any atom is 0.255 e. The standard InChI is InChI=1S/C19H21N5O2/c1-3-24-17(22-15-5-4-9-20-18(15)24)14-8-10-23(12-14)19(25)13-6-7-16(26-2)21-11-13/h4-7,9,11,14H,3,8,10,12H2,1-2H3/t14-/m1/s1. The number of nitrogens with zero attached hydrogens (tertiary/aromatic N) is 5. The van der Waals surface area contributed by atoms with E-state index in [9.17, 15) is 4.79 Å². The predicted molar refractivity (Wildman–Crippen MR) is 97.3 cm³/mol. The SMILES string of the molecule is CCn1c([C@@H]2CCN(C(=O)c3ccc(OC)nc3)C2)nc2cccnc21. The molecular weight excluding hydrogens is 330 g/mol. The molecule has 0 aromatic carbocycles. The van der Waals surface area contributed by atoms with Crippen molar-refractivity contribution in [1.82, 2.24) is 24.4 Å². The largest absolute Gasteiger partial charge is 0.481 e. The van der Waals surface area contributed by atoms with E-state index in [0.717, 1.165) is 36.5 Å². The van der Waals surface area contributed by atoms with Crippen LogP contribution in [0, 0.1) is 0 Å². The van der Waals surface area contributed by atoms with Gasteiger partial charge in [-0.1, -0.05) is 0 Å². The fourth-order valence-corrected chi connectivity index (χ4v) is 3.57. The summed E-state index contributed by atoms with van der Waals surface area (Å²) in [5.41, 5.74) is 2.40. The van der Waals surface area contributed by atoms with Gasteiger partial charge in [0.25, 0.3) is 5.91 Å². The topological polar surface area (TPSA) is 73.1 Å². The van der Waals surface area contributed by atoms with Crippen LogP contribution < -0.4 is 4.74 Å². The molecular formula is C19H21N5O2. The van der Waals surface area contributed by atoms with Gasteiger partial charge >= 0.3 is 0 Å². The summed E-state index contributed by atoms with van der Waals surface area (Å²) in [7, 11) is 1.56. The molecule has 7 heteroatoms. The fraction of sp³-hybridized carbons (Fsp3) is 0.368. The van der Waals surface area contributed by atoms with E-state index in [-0.39, 0.29) is 11.8 Å². The van der Waals surface area contributed by atoms with Crippen molar-refractivity contribution in [3.05, 3.63) is 48.0 Å². The summed E-state index contributed by atoms with van der Waals surface area (Å²) < 4.78 is 7.21. The summed E-state index contributed by atoms with van der Waals surface area (Å²) in [6, 6.07) is 7.36. The highest BCUT2D eigenvalue weighted by molar-refractivity contribution is 5.94. The monoisotopic (exact) mass is 351 g/mol. The lowest BCUT2D eigenvalue weighted by molar-refractivity contribution is 0.0790. The number of hydrogen-bond acceptors (Lipinski definition) is 5. The zero-order valence-corrected chi connectivity index (χ0v) is 14.9. The van der Waals surface area contributed by atoms with Crippen molar-refractivity contribution in [2.24, 2.45) is 0 Å². The molecule has 1 fully saturated rings. The molecule has 4 rings (SSSR count). The lowest BCUT2D eigenvalue weighted by Gasteiger charge is -2.17. The van der Waals surface area contributed by atoms with Crippen molar-refractivity contribution >= 4 is 17.1 Å². The molecule has 7 nitrogen and oxygen atoms in total. The maximum absolute atomic E-state index is 12.8. The number of carbonyl (C=O) groups is 1.